The Morgan fingerprint density at radius 1 is 1.26 bits per heavy atom. The van der Waals surface area contributed by atoms with Crippen molar-refractivity contribution >= 4 is 40.4 Å². The van der Waals surface area contributed by atoms with Gasteiger partial charge in [-0.25, -0.2) is 4.99 Å². The first kappa shape index (κ1) is 15.6. The molecule has 116 valence electrons. The minimum atomic E-state index is -0.341. The van der Waals surface area contributed by atoms with E-state index in [1.54, 1.807) is 12.1 Å². The number of amides is 1. The van der Waals surface area contributed by atoms with Crippen LogP contribution in [0.4, 0.5) is 0 Å². The number of thioether (sulfide) groups is 1. The molecule has 2 aromatic carbocycles. The van der Waals surface area contributed by atoms with Gasteiger partial charge in [-0.3, -0.25) is 4.79 Å². The smallest absolute Gasteiger partial charge is 0.284 e. The fourth-order valence-electron chi connectivity index (χ4n) is 2.11. The molecule has 1 aliphatic heterocycles. The number of benzene rings is 2. The fraction of sp³-hybridized carbons (Fsp3) is 0.0588. The molecule has 0 bridgehead atoms. The van der Waals surface area contributed by atoms with E-state index >= 15 is 0 Å². The van der Waals surface area contributed by atoms with E-state index in [2.05, 4.69) is 4.99 Å². The van der Waals surface area contributed by atoms with Gasteiger partial charge in [0.05, 0.1) is 12.0 Å². The van der Waals surface area contributed by atoms with Crippen molar-refractivity contribution in [1.82, 2.24) is 0 Å². The number of hydrogen-bond acceptors (Lipinski definition) is 4. The van der Waals surface area contributed by atoms with Crippen LogP contribution in [-0.2, 0) is 4.79 Å². The van der Waals surface area contributed by atoms with Crippen LogP contribution < -0.4 is 4.74 Å². The Labute approximate surface area is 142 Å². The lowest BCUT2D eigenvalue weighted by Gasteiger charge is -2.07. The topological polar surface area (TPSA) is 58.9 Å². The Balaban J connectivity index is 1.94. The van der Waals surface area contributed by atoms with Gasteiger partial charge in [0.15, 0.2) is 11.5 Å². The third-order valence-corrected chi connectivity index (χ3v) is 4.47. The van der Waals surface area contributed by atoms with Crippen LogP contribution in [0, 0.1) is 0 Å². The number of halogens is 1. The van der Waals surface area contributed by atoms with Crippen LogP contribution in [0.25, 0.3) is 6.08 Å². The number of carbonyl (C=O) groups is 1. The summed E-state index contributed by atoms with van der Waals surface area (Å²) in [6.07, 6.45) is 1.57. The first-order valence-corrected chi connectivity index (χ1v) is 7.92. The SMILES string of the molecule is COc1cc(Cl)cc(/C=C2\SC(c3ccccc3)=NC2=O)c1O. The third-order valence-electron chi connectivity index (χ3n) is 3.22. The van der Waals surface area contributed by atoms with Gasteiger partial charge in [-0.2, -0.15) is 0 Å². The van der Waals surface area contributed by atoms with Crippen molar-refractivity contribution in [1.29, 1.82) is 0 Å². The molecule has 0 spiro atoms. The molecular weight excluding hydrogens is 334 g/mol. The second-order valence-electron chi connectivity index (χ2n) is 4.74. The van der Waals surface area contributed by atoms with Crippen molar-refractivity contribution in [2.24, 2.45) is 4.99 Å². The first-order valence-electron chi connectivity index (χ1n) is 6.73. The standard InChI is InChI=1S/C17H12ClNO3S/c1-22-13-9-12(18)7-11(15(13)20)8-14-16(21)19-17(23-14)10-5-3-2-4-6-10/h2-9,20H,1H3/b14-8-. The van der Waals surface area contributed by atoms with Crippen molar-refractivity contribution in [3.05, 3.63) is 63.5 Å². The molecule has 0 fully saturated rings. The predicted molar refractivity (Wildman–Crippen MR) is 93.2 cm³/mol. The Bertz CT molecular complexity index is 831. The summed E-state index contributed by atoms with van der Waals surface area (Å²) in [5.74, 6) is -0.151. The van der Waals surface area contributed by atoms with Crippen LogP contribution in [0.5, 0.6) is 11.5 Å². The predicted octanol–water partition coefficient (Wildman–Crippen LogP) is 4.12. The van der Waals surface area contributed by atoms with E-state index in [0.717, 1.165) is 5.56 Å². The van der Waals surface area contributed by atoms with Crippen LogP contribution >= 0.6 is 23.4 Å². The van der Waals surface area contributed by atoms with E-state index in [4.69, 9.17) is 16.3 Å². The number of phenols is 1. The van der Waals surface area contributed by atoms with Crippen molar-refractivity contribution in [2.75, 3.05) is 7.11 Å². The number of aliphatic imine (C=N–C) groups is 1. The Hall–Kier alpha value is -2.24. The van der Waals surface area contributed by atoms with E-state index in [1.807, 2.05) is 30.3 Å². The summed E-state index contributed by atoms with van der Waals surface area (Å²) in [7, 11) is 1.44. The molecule has 1 aliphatic rings. The van der Waals surface area contributed by atoms with Gasteiger partial charge in [0.25, 0.3) is 5.91 Å². The van der Waals surface area contributed by atoms with Crippen LogP contribution in [0.2, 0.25) is 5.02 Å². The summed E-state index contributed by atoms with van der Waals surface area (Å²) >= 11 is 7.27. The summed E-state index contributed by atoms with van der Waals surface area (Å²) in [5, 5.41) is 11.2. The molecule has 0 saturated heterocycles. The fourth-order valence-corrected chi connectivity index (χ4v) is 3.24. The van der Waals surface area contributed by atoms with E-state index in [-0.39, 0.29) is 17.4 Å². The number of aromatic hydroxyl groups is 1. The Morgan fingerprint density at radius 2 is 2.00 bits per heavy atom. The van der Waals surface area contributed by atoms with E-state index in [1.165, 1.54) is 24.9 Å². The van der Waals surface area contributed by atoms with Crippen molar-refractivity contribution in [3.63, 3.8) is 0 Å². The Kier molecular flexibility index (Phi) is 4.41. The largest absolute Gasteiger partial charge is 0.504 e. The summed E-state index contributed by atoms with van der Waals surface area (Å²) in [5.41, 5.74) is 1.29. The lowest BCUT2D eigenvalue weighted by atomic mass is 10.1. The number of methoxy groups -OCH3 is 1. The third kappa shape index (κ3) is 3.25. The minimum absolute atomic E-state index is 0.0639. The minimum Gasteiger partial charge on any atom is -0.504 e. The molecule has 4 nitrogen and oxygen atoms in total. The number of nitrogens with zero attached hydrogens (tertiary/aromatic N) is 1. The normalized spacial score (nSPS) is 15.8. The number of carbonyl (C=O) groups excluding carboxylic acids is 1. The highest BCUT2D eigenvalue weighted by atomic mass is 35.5. The van der Waals surface area contributed by atoms with Crippen LogP contribution in [0.15, 0.2) is 52.4 Å². The highest BCUT2D eigenvalue weighted by molar-refractivity contribution is 8.19. The van der Waals surface area contributed by atoms with Crippen LogP contribution in [0.1, 0.15) is 11.1 Å². The van der Waals surface area contributed by atoms with Crippen LogP contribution in [0.3, 0.4) is 0 Å². The monoisotopic (exact) mass is 345 g/mol. The summed E-state index contributed by atoms with van der Waals surface area (Å²) in [6.45, 7) is 0. The van der Waals surface area contributed by atoms with Gasteiger partial charge in [-0.1, -0.05) is 53.7 Å². The van der Waals surface area contributed by atoms with Crippen molar-refractivity contribution in [3.8, 4) is 11.5 Å². The van der Waals surface area contributed by atoms with Gasteiger partial charge >= 0.3 is 0 Å². The highest BCUT2D eigenvalue weighted by Gasteiger charge is 2.23. The molecule has 1 heterocycles. The molecule has 6 heteroatoms. The number of rotatable bonds is 3. The van der Waals surface area contributed by atoms with Crippen molar-refractivity contribution in [2.45, 2.75) is 0 Å². The molecule has 1 N–H and O–H groups in total. The maximum Gasteiger partial charge on any atom is 0.284 e. The molecule has 0 aromatic heterocycles. The maximum atomic E-state index is 12.1. The molecule has 23 heavy (non-hydrogen) atoms. The van der Waals surface area contributed by atoms with Gasteiger partial charge in [0, 0.05) is 22.2 Å². The zero-order chi connectivity index (χ0) is 16.4. The molecule has 0 atom stereocenters. The molecule has 0 unspecified atom stereocenters. The summed E-state index contributed by atoms with van der Waals surface area (Å²) in [4.78, 5) is 16.6. The molecule has 0 radical (unpaired) electrons. The summed E-state index contributed by atoms with van der Waals surface area (Å²) < 4.78 is 5.06. The van der Waals surface area contributed by atoms with E-state index in [0.29, 0.717) is 20.5 Å². The second kappa shape index (κ2) is 6.48. The zero-order valence-electron chi connectivity index (χ0n) is 12.1. The molecule has 2 aromatic rings. The van der Waals surface area contributed by atoms with E-state index < -0.39 is 0 Å². The maximum absolute atomic E-state index is 12.1. The van der Waals surface area contributed by atoms with Gasteiger partial charge in [-0.15, -0.1) is 0 Å². The van der Waals surface area contributed by atoms with Gasteiger partial charge in [0.1, 0.15) is 5.04 Å². The van der Waals surface area contributed by atoms with Gasteiger partial charge in [-0.05, 0) is 12.1 Å². The van der Waals surface area contributed by atoms with Crippen LogP contribution in [-0.4, -0.2) is 23.2 Å². The molecule has 0 saturated carbocycles. The van der Waals surface area contributed by atoms with Crippen molar-refractivity contribution < 1.29 is 14.6 Å². The summed E-state index contributed by atoms with van der Waals surface area (Å²) in [6, 6.07) is 12.5. The molecule has 3 rings (SSSR count). The van der Waals surface area contributed by atoms with E-state index in [9.17, 15) is 9.90 Å². The second-order valence-corrected chi connectivity index (χ2v) is 6.21. The number of hydrogen-bond donors (Lipinski definition) is 1. The average Bonchev–Trinajstić information content (AvgIpc) is 2.92. The zero-order valence-corrected chi connectivity index (χ0v) is 13.7. The lowest BCUT2D eigenvalue weighted by molar-refractivity contribution is -0.113. The Morgan fingerprint density at radius 3 is 2.70 bits per heavy atom. The quantitative estimate of drug-likeness (QED) is 0.850. The lowest BCUT2D eigenvalue weighted by Crippen LogP contribution is -1.90. The molecular formula is C17H12ClNO3S. The average molecular weight is 346 g/mol. The number of ether oxygens (including phenoxy) is 1. The molecule has 0 aliphatic carbocycles. The van der Waals surface area contributed by atoms with Gasteiger partial charge < -0.3 is 9.84 Å². The first-order chi connectivity index (χ1) is 11.1. The number of phenolic OH excluding ortho intramolecular Hbond substituents is 1. The highest BCUT2D eigenvalue weighted by Crippen LogP contribution is 2.38. The van der Waals surface area contributed by atoms with Gasteiger partial charge in [0.2, 0.25) is 0 Å². The molecule has 1 amide bonds.